The van der Waals surface area contributed by atoms with Gasteiger partial charge in [0.15, 0.2) is 16.7 Å². The summed E-state index contributed by atoms with van der Waals surface area (Å²) >= 11 is 1.45. The molecule has 2 aromatic carbocycles. The molecule has 8 heteroatoms. The van der Waals surface area contributed by atoms with Gasteiger partial charge in [0.1, 0.15) is 0 Å². The molecule has 0 amide bonds. The van der Waals surface area contributed by atoms with Crippen molar-refractivity contribution >= 4 is 28.4 Å². The molecule has 0 saturated heterocycles. The monoisotopic (exact) mass is 426 g/mol. The highest BCUT2D eigenvalue weighted by atomic mass is 32.2. The van der Waals surface area contributed by atoms with Gasteiger partial charge in [0.05, 0.1) is 18.0 Å². The van der Waals surface area contributed by atoms with Crippen LogP contribution in [0.5, 0.6) is 5.75 Å². The fourth-order valence-corrected chi connectivity index (χ4v) is 4.25. The Morgan fingerprint density at radius 1 is 1.17 bits per heavy atom. The SMILES string of the molecule is COc1ccc(CSc2nnc3n(CCC(C)C)c(=O)c4ccccc4n23)cc1F. The van der Waals surface area contributed by atoms with Crippen LogP contribution in [0.4, 0.5) is 4.39 Å². The van der Waals surface area contributed by atoms with Crippen molar-refractivity contribution in [2.75, 3.05) is 7.11 Å². The molecule has 0 saturated carbocycles. The number of rotatable bonds is 7. The molecule has 0 aliphatic carbocycles. The first-order valence-electron chi connectivity index (χ1n) is 9.81. The number of benzene rings is 2. The van der Waals surface area contributed by atoms with E-state index in [9.17, 15) is 9.18 Å². The number of para-hydroxylation sites is 1. The second-order valence-electron chi connectivity index (χ2n) is 7.53. The normalized spacial score (nSPS) is 11.6. The molecule has 0 spiro atoms. The van der Waals surface area contributed by atoms with Gasteiger partial charge in [-0.25, -0.2) is 4.39 Å². The molecule has 4 rings (SSSR count). The van der Waals surface area contributed by atoms with Gasteiger partial charge in [-0.15, -0.1) is 10.2 Å². The van der Waals surface area contributed by atoms with Gasteiger partial charge in [0, 0.05) is 12.3 Å². The summed E-state index contributed by atoms with van der Waals surface area (Å²) in [7, 11) is 1.44. The molecule has 0 atom stereocenters. The largest absolute Gasteiger partial charge is 0.494 e. The molecular weight excluding hydrogens is 403 g/mol. The number of hydrogen-bond acceptors (Lipinski definition) is 5. The maximum absolute atomic E-state index is 14.0. The van der Waals surface area contributed by atoms with Gasteiger partial charge in [0.2, 0.25) is 5.78 Å². The lowest BCUT2D eigenvalue weighted by atomic mass is 10.1. The molecule has 0 fully saturated rings. The summed E-state index contributed by atoms with van der Waals surface area (Å²) in [6, 6.07) is 12.4. The zero-order valence-corrected chi connectivity index (χ0v) is 17.9. The van der Waals surface area contributed by atoms with Crippen molar-refractivity contribution in [2.45, 2.75) is 37.7 Å². The van der Waals surface area contributed by atoms with Crippen molar-refractivity contribution in [3.63, 3.8) is 0 Å². The van der Waals surface area contributed by atoms with Gasteiger partial charge in [0.25, 0.3) is 5.56 Å². The van der Waals surface area contributed by atoms with Crippen LogP contribution in [0.15, 0.2) is 52.4 Å². The van der Waals surface area contributed by atoms with Crippen LogP contribution in [-0.4, -0.2) is 26.3 Å². The molecule has 2 aromatic heterocycles. The fourth-order valence-electron chi connectivity index (χ4n) is 3.36. The highest BCUT2D eigenvalue weighted by Gasteiger charge is 2.17. The maximum Gasteiger partial charge on any atom is 0.262 e. The first kappa shape index (κ1) is 20.4. The predicted molar refractivity (Wildman–Crippen MR) is 117 cm³/mol. The van der Waals surface area contributed by atoms with Crippen molar-refractivity contribution in [3.8, 4) is 5.75 Å². The van der Waals surface area contributed by atoms with Crippen LogP contribution in [-0.2, 0) is 12.3 Å². The summed E-state index contributed by atoms with van der Waals surface area (Å²) < 4.78 is 22.6. The molecule has 4 aromatic rings. The van der Waals surface area contributed by atoms with Crippen molar-refractivity contribution in [2.24, 2.45) is 5.92 Å². The molecule has 156 valence electrons. The maximum atomic E-state index is 14.0. The van der Waals surface area contributed by atoms with Crippen LogP contribution < -0.4 is 10.3 Å². The van der Waals surface area contributed by atoms with Crippen LogP contribution in [0.2, 0.25) is 0 Å². The molecular formula is C22H23FN4O2S. The van der Waals surface area contributed by atoms with Gasteiger partial charge in [-0.05, 0) is 42.2 Å². The van der Waals surface area contributed by atoms with Crippen LogP contribution in [0.25, 0.3) is 16.7 Å². The van der Waals surface area contributed by atoms with E-state index < -0.39 is 5.82 Å². The van der Waals surface area contributed by atoms with E-state index in [4.69, 9.17) is 4.74 Å². The molecule has 0 radical (unpaired) electrons. The van der Waals surface area contributed by atoms with Crippen LogP contribution >= 0.6 is 11.8 Å². The zero-order valence-electron chi connectivity index (χ0n) is 17.1. The van der Waals surface area contributed by atoms with Gasteiger partial charge in [-0.3, -0.25) is 13.8 Å². The Balaban J connectivity index is 1.76. The topological polar surface area (TPSA) is 61.4 Å². The lowest BCUT2D eigenvalue weighted by Gasteiger charge is -2.12. The molecule has 0 unspecified atom stereocenters. The van der Waals surface area contributed by atoms with Gasteiger partial charge in [-0.2, -0.15) is 0 Å². The van der Waals surface area contributed by atoms with Gasteiger partial charge < -0.3 is 4.74 Å². The third-order valence-corrected chi connectivity index (χ3v) is 5.99. The smallest absolute Gasteiger partial charge is 0.262 e. The zero-order chi connectivity index (χ0) is 21.3. The number of aromatic nitrogens is 4. The molecule has 6 nitrogen and oxygen atoms in total. The van der Waals surface area contributed by atoms with Crippen LogP contribution in [0.1, 0.15) is 25.8 Å². The third-order valence-electron chi connectivity index (χ3n) is 4.99. The summed E-state index contributed by atoms with van der Waals surface area (Å²) in [6.45, 7) is 4.84. The van der Waals surface area contributed by atoms with E-state index >= 15 is 0 Å². The number of halogens is 1. The van der Waals surface area contributed by atoms with Gasteiger partial charge in [-0.1, -0.05) is 43.8 Å². The Morgan fingerprint density at radius 3 is 2.70 bits per heavy atom. The second kappa shape index (κ2) is 8.47. The lowest BCUT2D eigenvalue weighted by Crippen LogP contribution is -2.24. The first-order valence-corrected chi connectivity index (χ1v) is 10.8. The molecule has 0 aliphatic rings. The number of hydrogen-bond donors (Lipinski definition) is 0. The van der Waals surface area contributed by atoms with E-state index in [0.717, 1.165) is 17.5 Å². The summed E-state index contributed by atoms with van der Waals surface area (Å²) in [5.41, 5.74) is 1.53. The van der Waals surface area contributed by atoms with Crippen molar-refractivity contribution in [3.05, 3.63) is 64.2 Å². The van der Waals surface area contributed by atoms with E-state index in [1.165, 1.54) is 24.9 Å². The quantitative estimate of drug-likeness (QED) is 0.406. The van der Waals surface area contributed by atoms with Crippen LogP contribution in [0, 0.1) is 11.7 Å². The van der Waals surface area contributed by atoms with Gasteiger partial charge >= 0.3 is 0 Å². The Morgan fingerprint density at radius 2 is 1.97 bits per heavy atom. The fraction of sp³-hybridized carbons (Fsp3) is 0.318. The van der Waals surface area contributed by atoms with Crippen molar-refractivity contribution < 1.29 is 9.13 Å². The average Bonchev–Trinajstić information content (AvgIpc) is 3.16. The Labute approximate surface area is 177 Å². The second-order valence-corrected chi connectivity index (χ2v) is 8.47. The summed E-state index contributed by atoms with van der Waals surface area (Å²) in [4.78, 5) is 13.1. The minimum atomic E-state index is -0.394. The summed E-state index contributed by atoms with van der Waals surface area (Å²) in [6.07, 6.45) is 0.869. The minimum absolute atomic E-state index is 0.0556. The van der Waals surface area contributed by atoms with E-state index in [2.05, 4.69) is 24.0 Å². The van der Waals surface area contributed by atoms with Crippen LogP contribution in [0.3, 0.4) is 0 Å². The predicted octanol–water partition coefficient (Wildman–Crippen LogP) is 4.53. The van der Waals surface area contributed by atoms with E-state index in [1.807, 2.05) is 34.7 Å². The standard InChI is InChI=1S/C22H23FN4O2S/c1-14(2)10-11-26-20(28)16-6-4-5-7-18(16)27-21(26)24-25-22(27)30-13-15-8-9-19(29-3)17(23)12-15/h4-9,12,14H,10-11,13H2,1-3H3. The highest BCUT2D eigenvalue weighted by molar-refractivity contribution is 7.98. The number of thioether (sulfide) groups is 1. The average molecular weight is 427 g/mol. The van der Waals surface area contributed by atoms with E-state index in [1.54, 1.807) is 10.6 Å². The third kappa shape index (κ3) is 3.79. The molecule has 30 heavy (non-hydrogen) atoms. The van der Waals surface area contributed by atoms with E-state index in [-0.39, 0.29) is 11.3 Å². The molecule has 0 bridgehead atoms. The van der Waals surface area contributed by atoms with Crippen molar-refractivity contribution in [1.82, 2.24) is 19.2 Å². The summed E-state index contributed by atoms with van der Waals surface area (Å²) in [5, 5.41) is 9.96. The number of nitrogens with zero attached hydrogens (tertiary/aromatic N) is 4. The number of aryl methyl sites for hydroxylation is 1. The Bertz CT molecular complexity index is 1270. The lowest BCUT2D eigenvalue weighted by molar-refractivity contribution is 0.386. The molecule has 2 heterocycles. The van der Waals surface area contributed by atoms with E-state index in [0.29, 0.717) is 34.5 Å². The number of ether oxygens (including phenoxy) is 1. The molecule has 0 N–H and O–H groups in total. The Kier molecular flexibility index (Phi) is 5.76. The Hall–Kier alpha value is -2.87. The highest BCUT2D eigenvalue weighted by Crippen LogP contribution is 2.26. The number of methoxy groups -OCH3 is 1. The minimum Gasteiger partial charge on any atom is -0.494 e. The summed E-state index contributed by atoms with van der Waals surface area (Å²) in [5.74, 6) is 1.33. The number of fused-ring (bicyclic) bond motifs is 3. The first-order chi connectivity index (χ1) is 14.5. The molecule has 0 aliphatic heterocycles. The van der Waals surface area contributed by atoms with Crippen molar-refractivity contribution in [1.29, 1.82) is 0 Å².